The van der Waals surface area contributed by atoms with Gasteiger partial charge in [-0.1, -0.05) is 5.16 Å². The lowest BCUT2D eigenvalue weighted by Gasteiger charge is -2.33. The van der Waals surface area contributed by atoms with Gasteiger partial charge in [-0.25, -0.2) is 13.8 Å². The Kier molecular flexibility index (Phi) is 4.01. The third-order valence-corrected chi connectivity index (χ3v) is 5.36. The fraction of sp³-hybridized carbons (Fsp3) is 0.238. The van der Waals surface area contributed by atoms with E-state index >= 15 is 0 Å². The lowest BCUT2D eigenvalue weighted by atomic mass is 10.1. The van der Waals surface area contributed by atoms with Crippen LogP contribution >= 0.6 is 0 Å². The van der Waals surface area contributed by atoms with E-state index < -0.39 is 5.92 Å². The largest absolute Gasteiger partial charge is 0.454 e. The minimum Gasteiger partial charge on any atom is -0.454 e. The van der Waals surface area contributed by atoms with Crippen molar-refractivity contribution >= 4 is 22.2 Å². The standard InChI is InChI=1S/C21H18F2N4O2/c22-21(23)5-8-26(9-6-21)15-3-4-19-16(10-15)17(25-28)12-20(29-19)18-11-14-2-1-7-27(14)13-24-18/h1-4,7,10-13,28H,5-6,8-9H2/b25-17+. The first-order valence-corrected chi connectivity index (χ1v) is 9.34. The van der Waals surface area contributed by atoms with Crippen molar-refractivity contribution in [3.63, 3.8) is 0 Å². The summed E-state index contributed by atoms with van der Waals surface area (Å²) in [7, 11) is 0. The van der Waals surface area contributed by atoms with Gasteiger partial charge in [0.25, 0.3) is 5.92 Å². The van der Waals surface area contributed by atoms with Crippen LogP contribution in [-0.4, -0.2) is 33.6 Å². The second kappa shape index (κ2) is 6.58. The summed E-state index contributed by atoms with van der Waals surface area (Å²) in [5.41, 5.74) is 2.90. The fourth-order valence-electron chi connectivity index (χ4n) is 3.73. The maximum absolute atomic E-state index is 13.5. The minimum atomic E-state index is -2.60. The number of rotatable bonds is 2. The summed E-state index contributed by atoms with van der Waals surface area (Å²) in [4.78, 5) is 6.31. The molecule has 0 amide bonds. The fourth-order valence-corrected chi connectivity index (χ4v) is 3.73. The van der Waals surface area contributed by atoms with Gasteiger partial charge in [0.15, 0.2) is 5.76 Å². The first kappa shape index (κ1) is 17.7. The normalized spacial score (nSPS) is 17.3. The highest BCUT2D eigenvalue weighted by molar-refractivity contribution is 5.82. The van der Waals surface area contributed by atoms with Gasteiger partial charge in [-0.15, -0.1) is 0 Å². The first-order chi connectivity index (χ1) is 14.0. The quantitative estimate of drug-likeness (QED) is 0.406. The zero-order valence-corrected chi connectivity index (χ0v) is 15.4. The highest BCUT2D eigenvalue weighted by Crippen LogP contribution is 2.32. The molecular formula is C21H18F2N4O2. The topological polar surface area (TPSA) is 66.3 Å². The molecule has 0 unspecified atom stereocenters. The maximum atomic E-state index is 13.5. The second-order valence-corrected chi connectivity index (χ2v) is 7.23. The van der Waals surface area contributed by atoms with Crippen LogP contribution in [-0.2, 0) is 0 Å². The Hall–Kier alpha value is -3.42. The van der Waals surface area contributed by atoms with Crippen LogP contribution in [0.5, 0.6) is 0 Å². The highest BCUT2D eigenvalue weighted by atomic mass is 19.3. The number of piperidine rings is 1. The van der Waals surface area contributed by atoms with Gasteiger partial charge in [-0.05, 0) is 36.4 Å². The van der Waals surface area contributed by atoms with Gasteiger partial charge in [-0.2, -0.15) is 0 Å². The van der Waals surface area contributed by atoms with Crippen LogP contribution in [0.3, 0.4) is 0 Å². The number of nitrogens with zero attached hydrogens (tertiary/aromatic N) is 4. The molecule has 5 rings (SSSR count). The second-order valence-electron chi connectivity index (χ2n) is 7.23. The summed E-state index contributed by atoms with van der Waals surface area (Å²) in [6.45, 7) is 0.557. The molecule has 0 radical (unpaired) electrons. The molecule has 1 fully saturated rings. The Morgan fingerprint density at radius 1 is 1.10 bits per heavy atom. The van der Waals surface area contributed by atoms with Crippen molar-refractivity contribution in [2.75, 3.05) is 18.0 Å². The summed E-state index contributed by atoms with van der Waals surface area (Å²) in [6.07, 6.45) is 3.25. The molecule has 1 aliphatic rings. The van der Waals surface area contributed by atoms with Crippen LogP contribution in [0.4, 0.5) is 14.5 Å². The van der Waals surface area contributed by atoms with E-state index in [0.29, 0.717) is 27.8 Å². The molecule has 1 aromatic carbocycles. The highest BCUT2D eigenvalue weighted by Gasteiger charge is 2.34. The number of fused-ring (bicyclic) bond motifs is 2. The van der Waals surface area contributed by atoms with Crippen LogP contribution in [0.1, 0.15) is 12.8 Å². The molecule has 3 aromatic heterocycles. The predicted molar refractivity (Wildman–Crippen MR) is 104 cm³/mol. The van der Waals surface area contributed by atoms with E-state index in [1.807, 2.05) is 45.8 Å². The molecule has 29 heavy (non-hydrogen) atoms. The molecule has 6 nitrogen and oxygen atoms in total. The predicted octanol–water partition coefficient (Wildman–Crippen LogP) is 4.27. The number of hydrogen-bond donors (Lipinski definition) is 1. The molecule has 4 aromatic rings. The molecule has 1 saturated heterocycles. The van der Waals surface area contributed by atoms with Crippen LogP contribution in [0.15, 0.2) is 64.6 Å². The maximum Gasteiger partial charge on any atom is 0.251 e. The Bertz CT molecular complexity index is 1270. The van der Waals surface area contributed by atoms with Crippen LogP contribution in [0.2, 0.25) is 0 Å². The summed E-state index contributed by atoms with van der Waals surface area (Å²) in [6, 6.07) is 12.8. The molecule has 0 saturated carbocycles. The van der Waals surface area contributed by atoms with E-state index in [1.165, 1.54) is 0 Å². The molecule has 0 bridgehead atoms. The molecule has 148 valence electrons. The van der Waals surface area contributed by atoms with Gasteiger partial charge in [0.1, 0.15) is 16.6 Å². The molecule has 1 aliphatic heterocycles. The molecule has 0 spiro atoms. The summed E-state index contributed by atoms with van der Waals surface area (Å²) in [5.74, 6) is -2.13. The lowest BCUT2D eigenvalue weighted by Crippen LogP contribution is -2.39. The van der Waals surface area contributed by atoms with E-state index in [1.54, 1.807) is 18.5 Å². The molecule has 8 heteroatoms. The van der Waals surface area contributed by atoms with Gasteiger partial charge in [-0.3, -0.25) is 0 Å². The van der Waals surface area contributed by atoms with Crippen molar-refractivity contribution in [3.05, 3.63) is 60.3 Å². The van der Waals surface area contributed by atoms with Crippen molar-refractivity contribution < 1.29 is 18.4 Å². The van der Waals surface area contributed by atoms with Crippen molar-refractivity contribution in [2.24, 2.45) is 5.16 Å². The number of benzene rings is 1. The molecule has 4 heterocycles. The Morgan fingerprint density at radius 2 is 1.93 bits per heavy atom. The SMILES string of the molecule is O/N=c1\cc(-c2cc3cccn3cn2)oc2ccc(N3CCC(F)(F)CC3)cc12. The average Bonchev–Trinajstić information content (AvgIpc) is 3.20. The van der Waals surface area contributed by atoms with Gasteiger partial charge in [0, 0.05) is 54.8 Å². The van der Waals surface area contributed by atoms with E-state index in [9.17, 15) is 14.0 Å². The molecule has 0 atom stereocenters. The van der Waals surface area contributed by atoms with Crippen LogP contribution in [0, 0.1) is 0 Å². The number of alkyl halides is 2. The van der Waals surface area contributed by atoms with Crippen molar-refractivity contribution in [2.45, 2.75) is 18.8 Å². The average molecular weight is 396 g/mol. The molecule has 0 aliphatic carbocycles. The van der Waals surface area contributed by atoms with Gasteiger partial charge in [0.05, 0.1) is 6.33 Å². The number of hydrogen-bond acceptors (Lipinski definition) is 5. The van der Waals surface area contributed by atoms with E-state index in [4.69, 9.17) is 4.42 Å². The lowest BCUT2D eigenvalue weighted by molar-refractivity contribution is -0.0220. The smallest absolute Gasteiger partial charge is 0.251 e. The van der Waals surface area contributed by atoms with Crippen molar-refractivity contribution in [1.82, 2.24) is 9.38 Å². The van der Waals surface area contributed by atoms with Crippen molar-refractivity contribution in [3.8, 4) is 11.5 Å². The summed E-state index contributed by atoms with van der Waals surface area (Å²) in [5, 5.41) is 13.9. The van der Waals surface area contributed by atoms with Gasteiger partial charge >= 0.3 is 0 Å². The van der Waals surface area contributed by atoms with Crippen LogP contribution < -0.4 is 10.3 Å². The third kappa shape index (κ3) is 3.20. The summed E-state index contributed by atoms with van der Waals surface area (Å²) >= 11 is 0. The Morgan fingerprint density at radius 3 is 2.72 bits per heavy atom. The summed E-state index contributed by atoms with van der Waals surface area (Å²) < 4.78 is 34.8. The van der Waals surface area contributed by atoms with Crippen molar-refractivity contribution in [1.29, 1.82) is 0 Å². The first-order valence-electron chi connectivity index (χ1n) is 9.34. The van der Waals surface area contributed by atoms with Crippen LogP contribution in [0.25, 0.3) is 27.9 Å². The Labute approximate surface area is 164 Å². The number of anilines is 1. The number of halogens is 2. The zero-order valence-electron chi connectivity index (χ0n) is 15.4. The minimum absolute atomic E-state index is 0.167. The van der Waals surface area contributed by atoms with Gasteiger partial charge < -0.3 is 18.9 Å². The molecule has 1 N–H and O–H groups in total. The molecular weight excluding hydrogens is 378 g/mol. The van der Waals surface area contributed by atoms with E-state index in [-0.39, 0.29) is 25.9 Å². The Balaban J connectivity index is 1.56. The monoisotopic (exact) mass is 396 g/mol. The number of aromatic nitrogens is 2. The van der Waals surface area contributed by atoms with Gasteiger partial charge in [0.2, 0.25) is 0 Å². The van der Waals surface area contributed by atoms with E-state index in [2.05, 4.69) is 10.1 Å². The van der Waals surface area contributed by atoms with E-state index in [0.717, 1.165) is 11.2 Å². The third-order valence-electron chi connectivity index (χ3n) is 5.36. The zero-order chi connectivity index (χ0) is 20.0.